The highest BCUT2D eigenvalue weighted by atomic mass is 35.5. The molecule has 1 aromatic rings. The minimum Gasteiger partial charge on any atom is -0.311 e. The summed E-state index contributed by atoms with van der Waals surface area (Å²) in [7, 11) is 0. The zero-order valence-electron chi connectivity index (χ0n) is 8.73. The van der Waals surface area contributed by atoms with Gasteiger partial charge in [0, 0.05) is 18.0 Å². The van der Waals surface area contributed by atoms with Crippen LogP contribution in [0.4, 0.5) is 0 Å². The van der Waals surface area contributed by atoms with Crippen LogP contribution in [0.3, 0.4) is 0 Å². The van der Waals surface area contributed by atoms with Gasteiger partial charge < -0.3 is 5.32 Å². The predicted octanol–water partition coefficient (Wildman–Crippen LogP) is 2.96. The van der Waals surface area contributed by atoms with Gasteiger partial charge in [-0.05, 0) is 25.8 Å². The lowest BCUT2D eigenvalue weighted by Gasteiger charge is -2.14. The molecule has 1 aliphatic rings. The van der Waals surface area contributed by atoms with Crippen LogP contribution in [0.5, 0.6) is 0 Å². The van der Waals surface area contributed by atoms with E-state index >= 15 is 0 Å². The zero-order chi connectivity index (χ0) is 9.26. The lowest BCUT2D eigenvalue weighted by atomic mass is 9.92. The normalized spacial score (nSPS) is 31.1. The minimum atomic E-state index is 0. The number of halogens is 1. The number of benzene rings is 1. The fourth-order valence-corrected chi connectivity index (χ4v) is 2.34. The van der Waals surface area contributed by atoms with Crippen LogP contribution < -0.4 is 5.32 Å². The molecular weight excluding hydrogens is 194 g/mol. The van der Waals surface area contributed by atoms with E-state index in [0.717, 1.165) is 0 Å². The average molecular weight is 212 g/mol. The fourth-order valence-electron chi connectivity index (χ4n) is 2.34. The van der Waals surface area contributed by atoms with E-state index in [1.54, 1.807) is 0 Å². The van der Waals surface area contributed by atoms with E-state index in [0.29, 0.717) is 18.0 Å². The fraction of sp³-hybridized carbons (Fsp3) is 0.500. The van der Waals surface area contributed by atoms with Gasteiger partial charge in [0.05, 0.1) is 0 Å². The van der Waals surface area contributed by atoms with Crippen LogP contribution >= 0.6 is 12.4 Å². The SMILES string of the molecule is CC1CC(c2ccccc2)C(C)N1.Cl. The second-order valence-electron chi connectivity index (χ2n) is 4.11. The van der Waals surface area contributed by atoms with Crippen molar-refractivity contribution in [3.05, 3.63) is 35.9 Å². The van der Waals surface area contributed by atoms with Crippen LogP contribution in [0.25, 0.3) is 0 Å². The Morgan fingerprint density at radius 2 is 1.79 bits per heavy atom. The Hall–Kier alpha value is -0.530. The molecule has 1 aromatic carbocycles. The molecule has 1 fully saturated rings. The maximum absolute atomic E-state index is 3.57. The topological polar surface area (TPSA) is 12.0 Å². The largest absolute Gasteiger partial charge is 0.311 e. The van der Waals surface area contributed by atoms with E-state index < -0.39 is 0 Å². The molecule has 0 radical (unpaired) electrons. The first-order valence-electron chi connectivity index (χ1n) is 5.08. The molecule has 0 aromatic heterocycles. The summed E-state index contributed by atoms with van der Waals surface area (Å²) in [5.41, 5.74) is 1.48. The molecule has 1 aliphatic heterocycles. The van der Waals surface area contributed by atoms with E-state index in [1.807, 2.05) is 0 Å². The monoisotopic (exact) mass is 211 g/mol. The van der Waals surface area contributed by atoms with E-state index in [1.165, 1.54) is 12.0 Å². The predicted molar refractivity (Wildman–Crippen MR) is 63.1 cm³/mol. The Balaban J connectivity index is 0.000000980. The summed E-state index contributed by atoms with van der Waals surface area (Å²) in [4.78, 5) is 0. The summed E-state index contributed by atoms with van der Waals surface area (Å²) in [6.07, 6.45) is 1.27. The van der Waals surface area contributed by atoms with Gasteiger partial charge in [-0.15, -0.1) is 12.4 Å². The number of rotatable bonds is 1. The summed E-state index contributed by atoms with van der Waals surface area (Å²) in [5.74, 6) is 0.705. The first kappa shape index (κ1) is 11.5. The van der Waals surface area contributed by atoms with Crippen molar-refractivity contribution in [2.24, 2.45) is 0 Å². The van der Waals surface area contributed by atoms with Gasteiger partial charge >= 0.3 is 0 Å². The summed E-state index contributed by atoms with van der Waals surface area (Å²) < 4.78 is 0. The molecule has 3 atom stereocenters. The minimum absolute atomic E-state index is 0. The van der Waals surface area contributed by atoms with Crippen molar-refractivity contribution in [3.63, 3.8) is 0 Å². The molecule has 78 valence electrons. The van der Waals surface area contributed by atoms with E-state index in [-0.39, 0.29) is 12.4 Å². The Bertz CT molecular complexity index is 273. The second-order valence-corrected chi connectivity index (χ2v) is 4.11. The molecule has 14 heavy (non-hydrogen) atoms. The molecular formula is C12H18ClN. The number of hydrogen-bond donors (Lipinski definition) is 1. The molecule has 2 heteroatoms. The number of hydrogen-bond acceptors (Lipinski definition) is 1. The smallest absolute Gasteiger partial charge is 0.0110 e. The Kier molecular flexibility index (Phi) is 3.97. The molecule has 2 rings (SSSR count). The molecule has 1 heterocycles. The van der Waals surface area contributed by atoms with Crippen molar-refractivity contribution in [1.29, 1.82) is 0 Å². The maximum Gasteiger partial charge on any atom is 0.0110 e. The third kappa shape index (κ3) is 2.28. The Labute approximate surface area is 92.3 Å². The maximum atomic E-state index is 3.57. The van der Waals surface area contributed by atoms with Crippen LogP contribution in [0, 0.1) is 0 Å². The first-order chi connectivity index (χ1) is 6.27. The van der Waals surface area contributed by atoms with Crippen molar-refractivity contribution in [3.8, 4) is 0 Å². The summed E-state index contributed by atoms with van der Waals surface area (Å²) >= 11 is 0. The van der Waals surface area contributed by atoms with Crippen LogP contribution in [0.1, 0.15) is 31.7 Å². The van der Waals surface area contributed by atoms with Gasteiger partial charge in [-0.2, -0.15) is 0 Å². The standard InChI is InChI=1S/C12H17N.ClH/c1-9-8-12(10(2)13-9)11-6-4-3-5-7-11;/h3-7,9-10,12-13H,8H2,1-2H3;1H. The van der Waals surface area contributed by atoms with Crippen molar-refractivity contribution in [1.82, 2.24) is 5.32 Å². The van der Waals surface area contributed by atoms with Gasteiger partial charge in [-0.1, -0.05) is 30.3 Å². The van der Waals surface area contributed by atoms with Gasteiger partial charge in [0.15, 0.2) is 0 Å². The molecule has 1 nitrogen and oxygen atoms in total. The molecule has 1 saturated heterocycles. The van der Waals surface area contributed by atoms with E-state index in [4.69, 9.17) is 0 Å². The Morgan fingerprint density at radius 3 is 2.29 bits per heavy atom. The van der Waals surface area contributed by atoms with Crippen LogP contribution in [0.15, 0.2) is 30.3 Å². The van der Waals surface area contributed by atoms with Gasteiger partial charge in [-0.25, -0.2) is 0 Å². The van der Waals surface area contributed by atoms with Crippen molar-refractivity contribution < 1.29 is 0 Å². The summed E-state index contributed by atoms with van der Waals surface area (Å²) in [6.45, 7) is 4.54. The van der Waals surface area contributed by atoms with Crippen LogP contribution in [-0.2, 0) is 0 Å². The highest BCUT2D eigenvalue weighted by Gasteiger charge is 2.28. The van der Waals surface area contributed by atoms with Gasteiger partial charge in [-0.3, -0.25) is 0 Å². The van der Waals surface area contributed by atoms with E-state index in [9.17, 15) is 0 Å². The third-order valence-corrected chi connectivity index (χ3v) is 2.99. The molecule has 1 N–H and O–H groups in total. The van der Waals surface area contributed by atoms with E-state index in [2.05, 4.69) is 49.5 Å². The van der Waals surface area contributed by atoms with Crippen LogP contribution in [-0.4, -0.2) is 12.1 Å². The lowest BCUT2D eigenvalue weighted by molar-refractivity contribution is 0.575. The average Bonchev–Trinajstić information content (AvgIpc) is 2.47. The number of nitrogens with one attached hydrogen (secondary N) is 1. The summed E-state index contributed by atoms with van der Waals surface area (Å²) in [6, 6.07) is 12.1. The highest BCUT2D eigenvalue weighted by molar-refractivity contribution is 5.85. The lowest BCUT2D eigenvalue weighted by Crippen LogP contribution is -2.26. The van der Waals surface area contributed by atoms with Gasteiger partial charge in [0.1, 0.15) is 0 Å². The quantitative estimate of drug-likeness (QED) is 0.753. The summed E-state index contributed by atoms with van der Waals surface area (Å²) in [5, 5.41) is 3.57. The van der Waals surface area contributed by atoms with Gasteiger partial charge in [0.25, 0.3) is 0 Å². The highest BCUT2D eigenvalue weighted by Crippen LogP contribution is 2.30. The van der Waals surface area contributed by atoms with Crippen molar-refractivity contribution >= 4 is 12.4 Å². The molecule has 0 amide bonds. The molecule has 0 aliphatic carbocycles. The molecule has 0 bridgehead atoms. The third-order valence-electron chi connectivity index (χ3n) is 2.99. The van der Waals surface area contributed by atoms with Crippen LogP contribution in [0.2, 0.25) is 0 Å². The van der Waals surface area contributed by atoms with Crippen molar-refractivity contribution in [2.45, 2.75) is 38.3 Å². The zero-order valence-corrected chi connectivity index (χ0v) is 9.55. The molecule has 0 spiro atoms. The first-order valence-corrected chi connectivity index (χ1v) is 5.08. The Morgan fingerprint density at radius 1 is 1.14 bits per heavy atom. The van der Waals surface area contributed by atoms with Crippen molar-refractivity contribution in [2.75, 3.05) is 0 Å². The molecule has 3 unspecified atom stereocenters. The molecule has 0 saturated carbocycles. The second kappa shape index (κ2) is 4.81. The van der Waals surface area contributed by atoms with Gasteiger partial charge in [0.2, 0.25) is 0 Å².